The Labute approximate surface area is 160 Å². The van der Waals surface area contributed by atoms with Gasteiger partial charge in [-0.25, -0.2) is 5.43 Å². The largest absolute Gasteiger partial charge is 0.460 e. The first-order valence-electron chi connectivity index (χ1n) is 7.50. The number of carbonyl (C=O) groups excluding carboxylic acids is 1. The second-order valence-electron chi connectivity index (χ2n) is 5.63. The van der Waals surface area contributed by atoms with Crippen LogP contribution in [0.15, 0.2) is 45.9 Å². The molecule has 14 heteroatoms. The summed E-state index contributed by atoms with van der Waals surface area (Å²) in [6.07, 6.45) is -10.9. The quantitative estimate of drug-likeness (QED) is 0.385. The summed E-state index contributed by atoms with van der Waals surface area (Å²) in [6, 6.07) is 6.06. The third kappa shape index (κ3) is 4.57. The van der Waals surface area contributed by atoms with Crippen molar-refractivity contribution in [1.82, 2.24) is 5.43 Å². The summed E-state index contributed by atoms with van der Waals surface area (Å²) in [5, 5.41) is 2.79. The molecule has 0 saturated heterocycles. The topological polar surface area (TPSA) is 54.6 Å². The molecule has 2 rings (SSSR count). The van der Waals surface area contributed by atoms with E-state index in [1.165, 1.54) is 6.07 Å². The lowest BCUT2D eigenvalue weighted by molar-refractivity contribution is -0.344. The average molecular weight is 450 g/mol. The number of carbonyl (C=O) groups is 1. The monoisotopic (exact) mass is 450 g/mol. The number of benzene rings is 1. The number of halogens is 10. The van der Waals surface area contributed by atoms with E-state index in [0.29, 0.717) is 6.21 Å². The van der Waals surface area contributed by atoms with E-state index in [1.54, 1.807) is 0 Å². The summed E-state index contributed by atoms with van der Waals surface area (Å²) in [5.41, 5.74) is -0.212. The summed E-state index contributed by atoms with van der Waals surface area (Å²) in [6.45, 7) is 0. The Morgan fingerprint density at radius 2 is 1.57 bits per heavy atom. The van der Waals surface area contributed by atoms with E-state index >= 15 is 0 Å². The predicted molar refractivity (Wildman–Crippen MR) is 80.8 cm³/mol. The fourth-order valence-corrected chi connectivity index (χ4v) is 1.97. The van der Waals surface area contributed by atoms with E-state index in [1.807, 2.05) is 0 Å². The maximum atomic E-state index is 13.1. The highest BCUT2D eigenvalue weighted by atomic mass is 19.4. The highest BCUT2D eigenvalue weighted by Crippen LogP contribution is 2.46. The molecule has 0 unspecified atom stereocenters. The van der Waals surface area contributed by atoms with Crippen molar-refractivity contribution in [3.63, 3.8) is 0 Å². The summed E-state index contributed by atoms with van der Waals surface area (Å²) in [7, 11) is 0. The molecule has 4 nitrogen and oxygen atoms in total. The summed E-state index contributed by atoms with van der Waals surface area (Å²) >= 11 is 0. The Balaban J connectivity index is 2.13. The molecule has 1 aromatic carbocycles. The van der Waals surface area contributed by atoms with Crippen LogP contribution in [-0.2, 0) is 11.0 Å². The first kappa shape index (κ1) is 23.2. The highest BCUT2D eigenvalue weighted by Gasteiger charge is 2.76. The van der Waals surface area contributed by atoms with Crippen LogP contribution in [0.5, 0.6) is 0 Å². The smallest absolute Gasteiger partial charge is 0.455 e. The van der Waals surface area contributed by atoms with Gasteiger partial charge in [0.25, 0.3) is 0 Å². The molecule has 0 aliphatic heterocycles. The van der Waals surface area contributed by atoms with Crippen molar-refractivity contribution in [3.05, 3.63) is 47.7 Å². The summed E-state index contributed by atoms with van der Waals surface area (Å²) < 4.78 is 131. The van der Waals surface area contributed by atoms with Crippen molar-refractivity contribution in [2.75, 3.05) is 0 Å². The van der Waals surface area contributed by atoms with Gasteiger partial charge in [0.1, 0.15) is 11.5 Å². The number of hydrogen-bond acceptors (Lipinski definition) is 3. The molecule has 2 aromatic rings. The van der Waals surface area contributed by atoms with Gasteiger partial charge in [-0.05, 0) is 24.3 Å². The zero-order valence-corrected chi connectivity index (χ0v) is 14.1. The van der Waals surface area contributed by atoms with Gasteiger partial charge in [0.2, 0.25) is 0 Å². The molecule has 0 aliphatic carbocycles. The van der Waals surface area contributed by atoms with Crippen molar-refractivity contribution in [2.24, 2.45) is 5.10 Å². The van der Waals surface area contributed by atoms with Crippen molar-refractivity contribution >= 4 is 12.1 Å². The van der Waals surface area contributed by atoms with Crippen LogP contribution < -0.4 is 5.43 Å². The first-order chi connectivity index (χ1) is 13.6. The van der Waals surface area contributed by atoms with E-state index < -0.39 is 35.7 Å². The molecule has 1 N–H and O–H groups in total. The fourth-order valence-electron chi connectivity index (χ4n) is 1.97. The predicted octanol–water partition coefficient (Wildman–Crippen LogP) is 5.25. The van der Waals surface area contributed by atoms with Crippen molar-refractivity contribution in [1.29, 1.82) is 0 Å². The molecule has 1 heterocycles. The van der Waals surface area contributed by atoms with Crippen LogP contribution in [0.2, 0.25) is 0 Å². The van der Waals surface area contributed by atoms with Crippen molar-refractivity contribution in [2.45, 2.75) is 24.2 Å². The molecule has 0 fully saturated rings. The highest BCUT2D eigenvalue weighted by molar-refractivity contribution is 5.86. The van der Waals surface area contributed by atoms with Gasteiger partial charge in [-0.1, -0.05) is 12.1 Å². The standard InChI is InChI=1S/C16H8F10N2O2/c17-13(18,15(22,23)16(24,25)26)12(29)28-27-7-10-4-5-11(30-10)8-2-1-3-9(6-8)14(19,20)21/h1-7H,(H,28,29)/b27-7-. The van der Waals surface area contributed by atoms with Crippen LogP contribution in [0.4, 0.5) is 43.9 Å². The van der Waals surface area contributed by atoms with E-state index in [9.17, 15) is 48.7 Å². The molecule has 0 bridgehead atoms. The molecule has 0 atom stereocenters. The maximum Gasteiger partial charge on any atom is 0.460 e. The van der Waals surface area contributed by atoms with Gasteiger partial charge in [0, 0.05) is 5.56 Å². The zero-order valence-electron chi connectivity index (χ0n) is 14.1. The number of hydrogen-bond donors (Lipinski definition) is 1. The lowest BCUT2D eigenvalue weighted by Crippen LogP contribution is -2.58. The Morgan fingerprint density at radius 3 is 2.13 bits per heavy atom. The molecular formula is C16H8F10N2O2. The number of rotatable bonds is 5. The number of alkyl halides is 10. The number of nitrogens with zero attached hydrogens (tertiary/aromatic N) is 1. The van der Waals surface area contributed by atoms with Crippen LogP contribution in [-0.4, -0.2) is 30.1 Å². The minimum absolute atomic E-state index is 0.0372. The molecule has 1 aromatic heterocycles. The number of nitrogens with one attached hydrogen (secondary N) is 1. The zero-order chi connectivity index (χ0) is 23.0. The van der Waals surface area contributed by atoms with Gasteiger partial charge in [-0.3, -0.25) is 4.79 Å². The summed E-state index contributed by atoms with van der Waals surface area (Å²) in [5.74, 6) is -16.3. The Bertz CT molecular complexity index is 944. The van der Waals surface area contributed by atoms with E-state index in [-0.39, 0.29) is 17.1 Å². The minimum atomic E-state index is -6.70. The van der Waals surface area contributed by atoms with E-state index in [4.69, 9.17) is 4.42 Å². The molecule has 0 aliphatic rings. The molecule has 0 radical (unpaired) electrons. The average Bonchev–Trinajstić information content (AvgIpc) is 3.08. The van der Waals surface area contributed by atoms with Crippen LogP contribution >= 0.6 is 0 Å². The van der Waals surface area contributed by atoms with E-state index in [2.05, 4.69) is 5.10 Å². The van der Waals surface area contributed by atoms with Crippen LogP contribution in [0.1, 0.15) is 11.3 Å². The molecular weight excluding hydrogens is 442 g/mol. The molecule has 0 saturated carbocycles. The SMILES string of the molecule is O=C(N/N=C\c1ccc(-c2cccc(C(F)(F)F)c2)o1)C(F)(F)C(F)(F)C(F)(F)F. The Kier molecular flexibility index (Phi) is 5.92. The van der Waals surface area contributed by atoms with Gasteiger partial charge in [0.15, 0.2) is 0 Å². The van der Waals surface area contributed by atoms with Crippen molar-refractivity contribution in [3.8, 4) is 11.3 Å². The molecule has 0 spiro atoms. The number of hydrazone groups is 1. The minimum Gasteiger partial charge on any atom is -0.455 e. The lowest BCUT2D eigenvalue weighted by atomic mass is 10.1. The third-order valence-electron chi connectivity index (χ3n) is 3.49. The fraction of sp³-hybridized carbons (Fsp3) is 0.250. The maximum absolute atomic E-state index is 13.1. The van der Waals surface area contributed by atoms with E-state index in [0.717, 1.165) is 35.8 Å². The second kappa shape index (κ2) is 7.65. The Hall–Kier alpha value is -3.06. The van der Waals surface area contributed by atoms with Gasteiger partial charge < -0.3 is 4.42 Å². The first-order valence-corrected chi connectivity index (χ1v) is 7.50. The molecule has 30 heavy (non-hydrogen) atoms. The van der Waals surface area contributed by atoms with Gasteiger partial charge in [-0.2, -0.15) is 49.0 Å². The van der Waals surface area contributed by atoms with Crippen LogP contribution in [0, 0.1) is 0 Å². The molecule has 1 amide bonds. The normalized spacial score (nSPS) is 13.7. The van der Waals surface area contributed by atoms with Crippen LogP contribution in [0.3, 0.4) is 0 Å². The van der Waals surface area contributed by atoms with Gasteiger partial charge in [-0.15, -0.1) is 0 Å². The number of furan rings is 1. The number of amides is 1. The van der Waals surface area contributed by atoms with Gasteiger partial charge >= 0.3 is 30.1 Å². The van der Waals surface area contributed by atoms with Crippen LogP contribution in [0.25, 0.3) is 11.3 Å². The second-order valence-corrected chi connectivity index (χ2v) is 5.63. The molecule has 164 valence electrons. The lowest BCUT2D eigenvalue weighted by Gasteiger charge is -2.26. The Morgan fingerprint density at radius 1 is 0.933 bits per heavy atom. The summed E-state index contributed by atoms with van der Waals surface area (Å²) in [4.78, 5) is 11.0. The third-order valence-corrected chi connectivity index (χ3v) is 3.49. The van der Waals surface area contributed by atoms with Gasteiger partial charge in [0.05, 0.1) is 11.8 Å². The van der Waals surface area contributed by atoms with Crippen molar-refractivity contribution < 1.29 is 53.1 Å².